The largest absolute Gasteiger partial charge is 0.507 e. The lowest BCUT2D eigenvalue weighted by molar-refractivity contribution is 0.0952. The molecule has 1 heterocycles. The molecule has 1 aromatic rings. The highest BCUT2D eigenvalue weighted by atomic mass is 127. The van der Waals surface area contributed by atoms with E-state index < -0.39 is 10.0 Å². The number of hydrogen-bond donors (Lipinski definition) is 4. The Kier molecular flexibility index (Phi) is 12.2. The van der Waals surface area contributed by atoms with E-state index in [9.17, 15) is 18.3 Å². The van der Waals surface area contributed by atoms with E-state index in [1.165, 1.54) is 6.07 Å². The molecule has 1 aliphatic heterocycles. The summed E-state index contributed by atoms with van der Waals surface area (Å²) in [5.41, 5.74) is 0.233. The smallest absolute Gasteiger partial charge is 0.255 e. The molecule has 0 bridgehead atoms. The number of aromatic hydroxyl groups is 1. The normalized spacial score (nSPS) is 15.7. The molecule has 0 atom stereocenters. The van der Waals surface area contributed by atoms with Gasteiger partial charge in [-0.1, -0.05) is 19.1 Å². The molecule has 0 unspecified atom stereocenters. The third-order valence-electron chi connectivity index (χ3n) is 4.81. The Balaban J connectivity index is 0.00000480. The van der Waals surface area contributed by atoms with Gasteiger partial charge in [0.05, 0.1) is 17.9 Å². The van der Waals surface area contributed by atoms with Crippen LogP contribution in [0.4, 0.5) is 0 Å². The van der Waals surface area contributed by atoms with Gasteiger partial charge in [-0.15, -0.1) is 24.0 Å². The fourth-order valence-corrected chi connectivity index (χ4v) is 4.82. The van der Waals surface area contributed by atoms with Crippen LogP contribution in [-0.2, 0) is 10.0 Å². The van der Waals surface area contributed by atoms with Gasteiger partial charge in [0, 0.05) is 32.2 Å². The fourth-order valence-electron chi connectivity index (χ4n) is 3.28. The SMILES string of the molecule is CCCS(=O)(=O)N1CCC(NC(=NCCNC(=O)c2ccccc2O)NCC)CC1.I. The number of nitrogens with zero attached hydrogens (tertiary/aromatic N) is 2. The molecule has 4 N–H and O–H groups in total. The van der Waals surface area contributed by atoms with Gasteiger partial charge in [-0.2, -0.15) is 0 Å². The van der Waals surface area contributed by atoms with Gasteiger partial charge in [0.1, 0.15) is 5.75 Å². The van der Waals surface area contributed by atoms with Crippen molar-refractivity contribution in [1.82, 2.24) is 20.3 Å². The minimum atomic E-state index is -3.15. The second-order valence-corrected chi connectivity index (χ2v) is 9.26. The number of rotatable bonds is 9. The fraction of sp³-hybridized carbons (Fsp3) is 0.600. The van der Waals surface area contributed by atoms with Crippen molar-refractivity contribution in [3.8, 4) is 5.75 Å². The number of para-hydroxylation sites is 1. The number of phenols is 1. The van der Waals surface area contributed by atoms with Gasteiger partial charge < -0.3 is 21.1 Å². The highest BCUT2D eigenvalue weighted by molar-refractivity contribution is 14.0. The molecule has 1 aromatic carbocycles. The molecule has 176 valence electrons. The molecular weight excluding hydrogens is 533 g/mol. The summed E-state index contributed by atoms with van der Waals surface area (Å²) >= 11 is 0. The topological polar surface area (TPSA) is 123 Å². The Hall–Kier alpha value is -1.60. The zero-order chi connectivity index (χ0) is 22.0. The van der Waals surface area contributed by atoms with Gasteiger partial charge in [0.15, 0.2) is 5.96 Å². The molecule has 1 fully saturated rings. The van der Waals surface area contributed by atoms with Crippen molar-refractivity contribution in [1.29, 1.82) is 0 Å². The summed E-state index contributed by atoms with van der Waals surface area (Å²) in [6.07, 6.45) is 2.06. The van der Waals surface area contributed by atoms with Gasteiger partial charge in [-0.3, -0.25) is 9.79 Å². The van der Waals surface area contributed by atoms with Crippen molar-refractivity contribution in [3.63, 3.8) is 0 Å². The second kappa shape index (κ2) is 13.7. The number of aliphatic imine (C=N–C) groups is 1. The molecule has 0 saturated carbocycles. The summed E-state index contributed by atoms with van der Waals surface area (Å²) in [6.45, 7) is 6.26. The number of phenolic OH excluding ortho intramolecular Hbond substituents is 1. The molecule has 0 spiro atoms. The van der Waals surface area contributed by atoms with Crippen LogP contribution in [0.3, 0.4) is 0 Å². The summed E-state index contributed by atoms with van der Waals surface area (Å²) in [7, 11) is -3.15. The van der Waals surface area contributed by atoms with Crippen molar-refractivity contribution in [2.75, 3.05) is 38.5 Å². The third kappa shape index (κ3) is 8.81. The molecule has 9 nitrogen and oxygen atoms in total. The standard InChI is InChI=1S/C20H33N5O4S.HI/c1-3-15-30(28,29)25-13-9-16(10-14-25)24-20(21-4-2)23-12-11-22-19(27)17-7-5-6-8-18(17)26;/h5-8,16,26H,3-4,9-15H2,1-2H3,(H,22,27)(H2,21,23,24);1H. The van der Waals surface area contributed by atoms with Crippen molar-refractivity contribution in [2.24, 2.45) is 4.99 Å². The molecule has 0 aromatic heterocycles. The first-order chi connectivity index (χ1) is 14.4. The Morgan fingerprint density at radius 1 is 1.19 bits per heavy atom. The Morgan fingerprint density at radius 2 is 1.87 bits per heavy atom. The minimum Gasteiger partial charge on any atom is -0.507 e. The van der Waals surface area contributed by atoms with Crippen LogP contribution >= 0.6 is 24.0 Å². The Bertz CT molecular complexity index is 827. The number of hydrogen-bond acceptors (Lipinski definition) is 5. The number of halogens is 1. The van der Waals surface area contributed by atoms with E-state index in [0.29, 0.717) is 45.1 Å². The van der Waals surface area contributed by atoms with Crippen LogP contribution in [0.1, 0.15) is 43.5 Å². The first-order valence-electron chi connectivity index (χ1n) is 10.5. The summed E-state index contributed by atoms with van der Waals surface area (Å²) in [4.78, 5) is 16.6. The maximum atomic E-state index is 12.2. The average molecular weight is 567 g/mol. The van der Waals surface area contributed by atoms with E-state index >= 15 is 0 Å². The van der Waals surface area contributed by atoms with Gasteiger partial charge >= 0.3 is 0 Å². The molecular formula is C20H34IN5O4S. The second-order valence-electron chi connectivity index (χ2n) is 7.17. The van der Waals surface area contributed by atoms with Gasteiger partial charge in [0.2, 0.25) is 10.0 Å². The summed E-state index contributed by atoms with van der Waals surface area (Å²) in [5, 5.41) is 19.0. The van der Waals surface area contributed by atoms with Gasteiger partial charge in [-0.25, -0.2) is 12.7 Å². The molecule has 2 rings (SSSR count). The number of nitrogens with one attached hydrogen (secondary N) is 3. The van der Waals surface area contributed by atoms with Crippen LogP contribution in [-0.4, -0.2) is 74.2 Å². The third-order valence-corrected chi connectivity index (χ3v) is 6.89. The zero-order valence-corrected chi connectivity index (χ0v) is 21.3. The minimum absolute atomic E-state index is 0. The average Bonchev–Trinajstić information content (AvgIpc) is 2.72. The van der Waals surface area contributed by atoms with E-state index in [1.807, 2.05) is 13.8 Å². The number of carbonyl (C=O) groups is 1. The molecule has 1 amide bonds. The number of piperidine rings is 1. The van der Waals surface area contributed by atoms with Crippen LogP contribution < -0.4 is 16.0 Å². The predicted octanol–water partition coefficient (Wildman–Crippen LogP) is 1.50. The van der Waals surface area contributed by atoms with Crippen molar-refractivity contribution >= 4 is 45.9 Å². The first-order valence-corrected chi connectivity index (χ1v) is 12.1. The molecule has 0 radical (unpaired) electrons. The zero-order valence-electron chi connectivity index (χ0n) is 18.1. The number of guanidine groups is 1. The van der Waals surface area contributed by atoms with Crippen LogP contribution in [0, 0.1) is 0 Å². The lowest BCUT2D eigenvalue weighted by Gasteiger charge is -2.32. The quantitative estimate of drug-likeness (QED) is 0.155. The Labute approximate surface area is 202 Å². The first kappa shape index (κ1) is 27.4. The summed E-state index contributed by atoms with van der Waals surface area (Å²) < 4.78 is 26.0. The highest BCUT2D eigenvalue weighted by Gasteiger charge is 2.27. The van der Waals surface area contributed by atoms with E-state index in [1.54, 1.807) is 22.5 Å². The number of sulfonamides is 1. The van der Waals surface area contributed by atoms with Crippen LogP contribution in [0.2, 0.25) is 0 Å². The van der Waals surface area contributed by atoms with Crippen molar-refractivity contribution in [2.45, 2.75) is 39.2 Å². The van der Waals surface area contributed by atoms with Crippen molar-refractivity contribution in [3.05, 3.63) is 29.8 Å². The lowest BCUT2D eigenvalue weighted by atomic mass is 10.1. The maximum Gasteiger partial charge on any atom is 0.255 e. The maximum absolute atomic E-state index is 12.2. The van der Waals surface area contributed by atoms with Gasteiger partial charge in [0.25, 0.3) is 5.91 Å². The summed E-state index contributed by atoms with van der Waals surface area (Å²) in [6, 6.07) is 6.53. The Morgan fingerprint density at radius 3 is 2.48 bits per heavy atom. The molecule has 11 heteroatoms. The van der Waals surface area contributed by atoms with Gasteiger partial charge in [-0.05, 0) is 38.3 Å². The molecule has 1 saturated heterocycles. The van der Waals surface area contributed by atoms with E-state index in [4.69, 9.17) is 0 Å². The van der Waals surface area contributed by atoms with Crippen molar-refractivity contribution < 1.29 is 18.3 Å². The highest BCUT2D eigenvalue weighted by Crippen LogP contribution is 2.16. The monoisotopic (exact) mass is 567 g/mol. The van der Waals surface area contributed by atoms with Crippen LogP contribution in [0.25, 0.3) is 0 Å². The van der Waals surface area contributed by atoms with E-state index in [-0.39, 0.29) is 53.0 Å². The number of benzene rings is 1. The van der Waals surface area contributed by atoms with Crippen LogP contribution in [0.5, 0.6) is 5.75 Å². The number of amides is 1. The van der Waals surface area contributed by atoms with E-state index in [0.717, 1.165) is 12.8 Å². The number of carbonyl (C=O) groups excluding carboxylic acids is 1. The molecule has 1 aliphatic rings. The molecule has 31 heavy (non-hydrogen) atoms. The summed E-state index contributed by atoms with van der Waals surface area (Å²) in [5.74, 6) is 0.439. The van der Waals surface area contributed by atoms with E-state index in [2.05, 4.69) is 20.9 Å². The lowest BCUT2D eigenvalue weighted by Crippen LogP contribution is -2.50. The molecule has 0 aliphatic carbocycles. The predicted molar refractivity (Wildman–Crippen MR) is 134 cm³/mol. The van der Waals surface area contributed by atoms with Crippen LogP contribution in [0.15, 0.2) is 29.3 Å².